The first kappa shape index (κ1) is 32.7. The predicted molar refractivity (Wildman–Crippen MR) is 239 cm³/mol. The largest absolute Gasteiger partial charge is 0.331 e. The van der Waals surface area contributed by atoms with Crippen molar-refractivity contribution in [1.82, 2.24) is 14.5 Å². The van der Waals surface area contributed by atoms with Crippen molar-refractivity contribution in [3.63, 3.8) is 0 Å². The van der Waals surface area contributed by atoms with Gasteiger partial charge in [0.2, 0.25) is 0 Å². The van der Waals surface area contributed by atoms with Crippen molar-refractivity contribution in [2.75, 3.05) is 4.90 Å². The van der Waals surface area contributed by atoms with Gasteiger partial charge in [0.1, 0.15) is 0 Å². The molecule has 0 fully saturated rings. The second-order valence-electron chi connectivity index (χ2n) is 15.3. The quantitative estimate of drug-likeness (QED) is 0.159. The Morgan fingerprint density at radius 2 is 1.02 bits per heavy atom. The number of fused-ring (bicyclic) bond motifs is 4. The Kier molecular flexibility index (Phi) is 7.32. The van der Waals surface area contributed by atoms with Crippen LogP contribution in [0.15, 0.2) is 207 Å². The van der Waals surface area contributed by atoms with Crippen LogP contribution in [0.2, 0.25) is 0 Å². The van der Waals surface area contributed by atoms with Gasteiger partial charge in [-0.2, -0.15) is 0 Å². The van der Waals surface area contributed by atoms with Gasteiger partial charge in [-0.3, -0.25) is 9.97 Å². The van der Waals surface area contributed by atoms with Gasteiger partial charge in [-0.1, -0.05) is 146 Å². The van der Waals surface area contributed by atoms with Crippen LogP contribution in [0.4, 0.5) is 11.4 Å². The summed E-state index contributed by atoms with van der Waals surface area (Å²) in [6.07, 6.45) is 7.73. The molecule has 0 aliphatic carbocycles. The van der Waals surface area contributed by atoms with Crippen LogP contribution in [-0.2, 0) is 0 Å². The van der Waals surface area contributed by atoms with Crippen LogP contribution in [-0.4, -0.2) is 14.5 Å². The van der Waals surface area contributed by atoms with Gasteiger partial charge in [0.15, 0.2) is 0 Å². The first-order chi connectivity index (χ1) is 28.8. The van der Waals surface area contributed by atoms with Gasteiger partial charge in [0.25, 0.3) is 0 Å². The molecule has 2 atom stereocenters. The average molecular weight is 741 g/mol. The molecule has 0 N–H and O–H groups in total. The number of hydrogen-bond donors (Lipinski definition) is 0. The first-order valence-corrected chi connectivity index (χ1v) is 20.0. The molecule has 2 unspecified atom stereocenters. The third-order valence-electron chi connectivity index (χ3n) is 12.2. The Hall–Kier alpha value is -7.56. The minimum atomic E-state index is 0.0216. The van der Waals surface area contributed by atoms with E-state index in [1.807, 2.05) is 30.9 Å². The summed E-state index contributed by atoms with van der Waals surface area (Å²) in [5.74, 6) is 0.0945. The van der Waals surface area contributed by atoms with E-state index < -0.39 is 0 Å². The molecular weight excluding hydrogens is 705 g/mol. The highest BCUT2D eigenvalue weighted by Gasteiger charge is 2.43. The molecule has 0 spiro atoms. The molecule has 11 aromatic rings. The lowest BCUT2D eigenvalue weighted by atomic mass is 9.82. The molecule has 0 saturated heterocycles. The fourth-order valence-electron chi connectivity index (χ4n) is 10.0. The average Bonchev–Trinajstić information content (AvgIpc) is 3.83. The van der Waals surface area contributed by atoms with Gasteiger partial charge < -0.3 is 9.47 Å². The maximum Gasteiger partial charge on any atom is 0.0702 e. The molecule has 12 rings (SSSR count). The van der Waals surface area contributed by atoms with Crippen molar-refractivity contribution in [2.24, 2.45) is 0 Å². The zero-order valence-electron chi connectivity index (χ0n) is 31.6. The van der Waals surface area contributed by atoms with Gasteiger partial charge in [0, 0.05) is 40.0 Å². The minimum absolute atomic E-state index is 0.0216. The zero-order chi connectivity index (χ0) is 38.2. The number of benzene rings is 8. The van der Waals surface area contributed by atoms with E-state index in [9.17, 15) is 0 Å². The molecule has 272 valence electrons. The van der Waals surface area contributed by atoms with E-state index in [1.54, 1.807) is 0 Å². The Bertz CT molecular complexity index is 3260. The van der Waals surface area contributed by atoms with E-state index >= 15 is 0 Å². The SMILES string of the molecule is c1ccc(-c2c(-c3ccccc3)n(-c3cccnc3)c3c2cc2ccc4c5c(cc6ccc3c2c64)C(c2ccccc2)C(c2ccccc2)N5c2cccnc2)cc1. The summed E-state index contributed by atoms with van der Waals surface area (Å²) in [5.41, 5.74) is 13.2. The maximum absolute atomic E-state index is 4.67. The molecule has 0 saturated carbocycles. The van der Waals surface area contributed by atoms with Crippen molar-refractivity contribution in [3.05, 3.63) is 223 Å². The molecule has 0 bridgehead atoms. The highest BCUT2D eigenvalue weighted by molar-refractivity contribution is 6.32. The van der Waals surface area contributed by atoms with Crippen LogP contribution < -0.4 is 4.90 Å². The molecule has 4 heterocycles. The lowest BCUT2D eigenvalue weighted by Gasteiger charge is -2.31. The van der Waals surface area contributed by atoms with E-state index in [-0.39, 0.29) is 12.0 Å². The number of nitrogens with zero attached hydrogens (tertiary/aromatic N) is 4. The van der Waals surface area contributed by atoms with Crippen molar-refractivity contribution in [1.29, 1.82) is 0 Å². The summed E-state index contributed by atoms with van der Waals surface area (Å²) >= 11 is 0. The molecule has 4 nitrogen and oxygen atoms in total. The Morgan fingerprint density at radius 3 is 1.67 bits per heavy atom. The van der Waals surface area contributed by atoms with Crippen LogP contribution in [0.25, 0.3) is 71.3 Å². The summed E-state index contributed by atoms with van der Waals surface area (Å²) in [7, 11) is 0. The fourth-order valence-corrected chi connectivity index (χ4v) is 10.0. The second kappa shape index (κ2) is 13.0. The van der Waals surface area contributed by atoms with Crippen LogP contribution in [0, 0.1) is 0 Å². The molecular formula is C54H36N4. The molecule has 1 aliphatic heterocycles. The van der Waals surface area contributed by atoms with Crippen LogP contribution in [0.5, 0.6) is 0 Å². The molecule has 8 aromatic carbocycles. The van der Waals surface area contributed by atoms with Crippen molar-refractivity contribution in [3.8, 4) is 28.1 Å². The predicted octanol–water partition coefficient (Wildman–Crippen LogP) is 13.7. The Balaban J connectivity index is 1.24. The molecule has 3 aromatic heterocycles. The van der Waals surface area contributed by atoms with E-state index in [1.165, 1.54) is 76.7 Å². The first-order valence-electron chi connectivity index (χ1n) is 20.0. The van der Waals surface area contributed by atoms with Gasteiger partial charge in [0.05, 0.1) is 46.7 Å². The summed E-state index contributed by atoms with van der Waals surface area (Å²) < 4.78 is 2.45. The molecule has 58 heavy (non-hydrogen) atoms. The van der Waals surface area contributed by atoms with Crippen LogP contribution in [0.3, 0.4) is 0 Å². The third kappa shape index (κ3) is 4.82. The molecule has 0 radical (unpaired) electrons. The van der Waals surface area contributed by atoms with Crippen molar-refractivity contribution < 1.29 is 0 Å². The number of rotatable bonds is 6. The highest BCUT2D eigenvalue weighted by atomic mass is 15.2. The minimum Gasteiger partial charge on any atom is -0.331 e. The third-order valence-corrected chi connectivity index (χ3v) is 12.2. The van der Waals surface area contributed by atoms with E-state index in [0.717, 1.165) is 22.6 Å². The summed E-state index contributed by atoms with van der Waals surface area (Å²) in [5, 5.41) is 8.72. The van der Waals surface area contributed by atoms with E-state index in [0.29, 0.717) is 0 Å². The van der Waals surface area contributed by atoms with Crippen LogP contribution >= 0.6 is 0 Å². The van der Waals surface area contributed by atoms with Gasteiger partial charge >= 0.3 is 0 Å². The number of anilines is 2. The van der Waals surface area contributed by atoms with Crippen molar-refractivity contribution in [2.45, 2.75) is 12.0 Å². The number of aromatic nitrogens is 3. The number of pyridine rings is 2. The summed E-state index contributed by atoms with van der Waals surface area (Å²) in [4.78, 5) is 11.9. The van der Waals surface area contributed by atoms with Crippen LogP contribution in [0.1, 0.15) is 28.7 Å². The smallest absolute Gasteiger partial charge is 0.0702 e. The van der Waals surface area contributed by atoms with E-state index in [4.69, 9.17) is 0 Å². The summed E-state index contributed by atoms with van der Waals surface area (Å²) in [6, 6.07) is 66.6. The zero-order valence-corrected chi connectivity index (χ0v) is 31.6. The number of hydrogen-bond acceptors (Lipinski definition) is 3. The molecule has 0 amide bonds. The normalized spacial score (nSPS) is 15.2. The lowest BCUT2D eigenvalue weighted by Crippen LogP contribution is -2.23. The lowest BCUT2D eigenvalue weighted by molar-refractivity contribution is 0.657. The molecule has 4 heteroatoms. The molecule has 1 aliphatic rings. The Morgan fingerprint density at radius 1 is 0.448 bits per heavy atom. The topological polar surface area (TPSA) is 34.0 Å². The fraction of sp³-hybridized carbons (Fsp3) is 0.0370. The van der Waals surface area contributed by atoms with Gasteiger partial charge in [-0.05, 0) is 85.8 Å². The Labute approximate surface area is 336 Å². The van der Waals surface area contributed by atoms with Crippen molar-refractivity contribution >= 4 is 54.6 Å². The second-order valence-corrected chi connectivity index (χ2v) is 15.3. The highest BCUT2D eigenvalue weighted by Crippen LogP contribution is 2.59. The van der Waals surface area contributed by atoms with Gasteiger partial charge in [-0.15, -0.1) is 0 Å². The van der Waals surface area contributed by atoms with Gasteiger partial charge in [-0.25, -0.2) is 0 Å². The monoisotopic (exact) mass is 740 g/mol. The van der Waals surface area contributed by atoms with E-state index in [2.05, 4.69) is 195 Å². The maximum atomic E-state index is 4.67. The summed E-state index contributed by atoms with van der Waals surface area (Å²) in [6.45, 7) is 0. The standard InChI is InChI=1S/C54H36N4/c1-5-15-35(16-6-1)49-45-31-39-25-28-44-48-40(26-27-43(47(39)48)53(45)57(41-23-13-29-55-33-41)51(49)37-19-9-3-10-20-37)32-46-50(36-17-7-2-8-18-36)52(38-21-11-4-12-22-38)58(54(44)46)42-24-14-30-56-34-42/h1-34,49,51H.